The lowest BCUT2D eigenvalue weighted by Gasteiger charge is -2.28. The Morgan fingerprint density at radius 3 is 1.80 bits per heavy atom. The zero-order valence-corrected chi connectivity index (χ0v) is 13.1. The summed E-state index contributed by atoms with van der Waals surface area (Å²) >= 11 is 0. The topological polar surface area (TPSA) is 40.5 Å². The van der Waals surface area contributed by atoms with Crippen LogP contribution < -0.4 is 0 Å². The molecule has 1 saturated carbocycles. The van der Waals surface area contributed by atoms with Gasteiger partial charge in [-0.25, -0.2) is 0 Å². The van der Waals surface area contributed by atoms with Gasteiger partial charge in [0.2, 0.25) is 0 Å². The predicted octanol–water partition coefficient (Wildman–Crippen LogP) is 4.83. The van der Waals surface area contributed by atoms with E-state index in [9.17, 15) is 10.2 Å². The van der Waals surface area contributed by atoms with Crippen LogP contribution >= 0.6 is 0 Å². The predicted molar refractivity (Wildman–Crippen MR) is 83.7 cm³/mol. The van der Waals surface area contributed by atoms with Gasteiger partial charge in [0.05, 0.1) is 0 Å². The molecule has 0 radical (unpaired) electrons. The molecule has 0 heterocycles. The summed E-state index contributed by atoms with van der Waals surface area (Å²) in [6.07, 6.45) is 8.73. The monoisotopic (exact) mass is 276 g/mol. The summed E-state index contributed by atoms with van der Waals surface area (Å²) in [6, 6.07) is 0. The lowest BCUT2D eigenvalue weighted by molar-refractivity contribution is 0.375. The van der Waals surface area contributed by atoms with Crippen LogP contribution in [-0.4, -0.2) is 10.2 Å². The third-order valence-electron chi connectivity index (χ3n) is 4.89. The molecule has 1 aromatic rings. The Hall–Kier alpha value is -1.18. The van der Waals surface area contributed by atoms with Gasteiger partial charge in [-0.05, 0) is 49.1 Å². The minimum Gasteiger partial charge on any atom is -0.504 e. The summed E-state index contributed by atoms with van der Waals surface area (Å²) in [5.41, 5.74) is 4.57. The van der Waals surface area contributed by atoms with E-state index in [0.29, 0.717) is 5.92 Å². The summed E-state index contributed by atoms with van der Waals surface area (Å²) in [5, 5.41) is 20.9. The smallest absolute Gasteiger partial charge is 0.161 e. The highest BCUT2D eigenvalue weighted by Crippen LogP contribution is 2.46. The molecule has 2 nitrogen and oxygen atoms in total. The van der Waals surface area contributed by atoms with Gasteiger partial charge < -0.3 is 10.2 Å². The van der Waals surface area contributed by atoms with Crippen LogP contribution in [0.15, 0.2) is 0 Å². The van der Waals surface area contributed by atoms with E-state index in [0.717, 1.165) is 43.2 Å². The van der Waals surface area contributed by atoms with Gasteiger partial charge in [0.15, 0.2) is 11.5 Å². The molecule has 0 saturated heterocycles. The summed E-state index contributed by atoms with van der Waals surface area (Å²) in [4.78, 5) is 0. The molecule has 1 aliphatic carbocycles. The van der Waals surface area contributed by atoms with E-state index in [4.69, 9.17) is 0 Å². The fourth-order valence-corrected chi connectivity index (χ4v) is 3.94. The van der Waals surface area contributed by atoms with Gasteiger partial charge in [-0.3, -0.25) is 0 Å². The highest BCUT2D eigenvalue weighted by atomic mass is 16.3. The molecule has 1 aromatic carbocycles. The Labute approximate surface area is 122 Å². The van der Waals surface area contributed by atoms with Crippen LogP contribution in [0.25, 0.3) is 0 Å². The SMILES string of the molecule is CCc1c(O)c(O)c(C2CCCCC2)c(CC)c1CC. The number of benzene rings is 1. The van der Waals surface area contributed by atoms with Crippen molar-refractivity contribution in [1.29, 1.82) is 0 Å². The quantitative estimate of drug-likeness (QED) is 0.773. The fraction of sp³-hybridized carbons (Fsp3) is 0.667. The molecule has 2 rings (SSSR count). The van der Waals surface area contributed by atoms with Crippen LogP contribution in [0.1, 0.15) is 81.0 Å². The number of hydrogen-bond acceptors (Lipinski definition) is 2. The number of rotatable bonds is 4. The Kier molecular flexibility index (Phi) is 4.95. The summed E-state index contributed by atoms with van der Waals surface area (Å²) in [5.74, 6) is 0.741. The minimum atomic E-state index is 0.141. The third-order valence-corrected chi connectivity index (χ3v) is 4.89. The number of aromatic hydroxyl groups is 2. The van der Waals surface area contributed by atoms with Crippen LogP contribution in [0, 0.1) is 0 Å². The lowest BCUT2D eigenvalue weighted by Crippen LogP contribution is -2.11. The van der Waals surface area contributed by atoms with E-state index in [-0.39, 0.29) is 11.5 Å². The third kappa shape index (κ3) is 2.53. The maximum absolute atomic E-state index is 10.5. The first-order chi connectivity index (χ1) is 9.65. The van der Waals surface area contributed by atoms with E-state index in [1.54, 1.807) is 0 Å². The van der Waals surface area contributed by atoms with Crippen molar-refractivity contribution in [3.63, 3.8) is 0 Å². The highest BCUT2D eigenvalue weighted by Gasteiger charge is 2.27. The Bertz CT molecular complexity index is 471. The van der Waals surface area contributed by atoms with Gasteiger partial charge in [0, 0.05) is 11.1 Å². The second kappa shape index (κ2) is 6.51. The zero-order valence-electron chi connectivity index (χ0n) is 13.1. The standard InChI is InChI=1S/C18H28O2/c1-4-13-14(5-2)16(12-10-8-7-9-11-12)18(20)17(19)15(13)6-3/h12,19-20H,4-11H2,1-3H3. The molecule has 1 fully saturated rings. The first-order valence-electron chi connectivity index (χ1n) is 8.23. The van der Waals surface area contributed by atoms with Crippen molar-refractivity contribution >= 4 is 0 Å². The van der Waals surface area contributed by atoms with Crippen LogP contribution in [0.4, 0.5) is 0 Å². The molecule has 20 heavy (non-hydrogen) atoms. The normalized spacial score (nSPS) is 16.6. The fourth-order valence-electron chi connectivity index (χ4n) is 3.94. The summed E-state index contributed by atoms with van der Waals surface area (Å²) < 4.78 is 0. The molecule has 112 valence electrons. The molecule has 0 atom stereocenters. The average Bonchev–Trinajstić information content (AvgIpc) is 2.49. The van der Waals surface area contributed by atoms with Crippen LogP contribution in [0.2, 0.25) is 0 Å². The first kappa shape index (κ1) is 15.2. The molecule has 2 heteroatoms. The Balaban J connectivity index is 2.62. The van der Waals surface area contributed by atoms with Gasteiger partial charge in [0.25, 0.3) is 0 Å². The Morgan fingerprint density at radius 1 is 0.750 bits per heavy atom. The average molecular weight is 276 g/mol. The van der Waals surface area contributed by atoms with Crippen molar-refractivity contribution < 1.29 is 10.2 Å². The second-order valence-electron chi connectivity index (χ2n) is 5.94. The summed E-state index contributed by atoms with van der Waals surface area (Å²) in [6.45, 7) is 6.36. The van der Waals surface area contributed by atoms with Gasteiger partial charge in [-0.2, -0.15) is 0 Å². The number of phenols is 2. The maximum atomic E-state index is 10.5. The molecule has 0 spiro atoms. The van der Waals surface area contributed by atoms with Crippen molar-refractivity contribution in [3.8, 4) is 11.5 Å². The minimum absolute atomic E-state index is 0.141. The lowest BCUT2D eigenvalue weighted by atomic mass is 9.78. The number of hydrogen-bond donors (Lipinski definition) is 2. The molecule has 0 bridgehead atoms. The van der Waals surface area contributed by atoms with E-state index in [1.165, 1.54) is 30.4 Å². The van der Waals surface area contributed by atoms with Crippen molar-refractivity contribution in [2.75, 3.05) is 0 Å². The molecule has 0 aliphatic heterocycles. The van der Waals surface area contributed by atoms with Crippen molar-refractivity contribution in [3.05, 3.63) is 22.3 Å². The van der Waals surface area contributed by atoms with Gasteiger partial charge in [0.1, 0.15) is 0 Å². The Morgan fingerprint density at radius 2 is 1.30 bits per heavy atom. The van der Waals surface area contributed by atoms with Crippen LogP contribution in [0.5, 0.6) is 11.5 Å². The van der Waals surface area contributed by atoms with Crippen molar-refractivity contribution in [1.82, 2.24) is 0 Å². The maximum Gasteiger partial charge on any atom is 0.161 e. The van der Waals surface area contributed by atoms with E-state index in [1.807, 2.05) is 6.92 Å². The van der Waals surface area contributed by atoms with E-state index < -0.39 is 0 Å². The van der Waals surface area contributed by atoms with Crippen LogP contribution in [0.3, 0.4) is 0 Å². The summed E-state index contributed by atoms with van der Waals surface area (Å²) in [7, 11) is 0. The second-order valence-corrected chi connectivity index (χ2v) is 5.94. The van der Waals surface area contributed by atoms with Gasteiger partial charge in [-0.15, -0.1) is 0 Å². The molecule has 0 amide bonds. The van der Waals surface area contributed by atoms with Crippen molar-refractivity contribution in [2.45, 2.75) is 78.1 Å². The molecular weight excluding hydrogens is 248 g/mol. The largest absolute Gasteiger partial charge is 0.504 e. The molecule has 2 N–H and O–H groups in total. The molecular formula is C18H28O2. The zero-order chi connectivity index (χ0) is 14.7. The van der Waals surface area contributed by atoms with Crippen LogP contribution in [-0.2, 0) is 19.3 Å². The number of phenolic OH excluding ortho intramolecular Hbond substituents is 2. The van der Waals surface area contributed by atoms with Crippen molar-refractivity contribution in [2.24, 2.45) is 0 Å². The van der Waals surface area contributed by atoms with Gasteiger partial charge >= 0.3 is 0 Å². The van der Waals surface area contributed by atoms with E-state index in [2.05, 4.69) is 13.8 Å². The molecule has 1 aliphatic rings. The first-order valence-corrected chi connectivity index (χ1v) is 8.23. The van der Waals surface area contributed by atoms with E-state index >= 15 is 0 Å². The molecule has 0 unspecified atom stereocenters. The van der Waals surface area contributed by atoms with Gasteiger partial charge in [-0.1, -0.05) is 40.0 Å². The molecule has 0 aromatic heterocycles. The highest BCUT2D eigenvalue weighted by molar-refractivity contribution is 5.60.